The Labute approximate surface area is 174 Å². The molecule has 0 amide bonds. The van der Waals surface area contributed by atoms with E-state index in [0.717, 1.165) is 37.6 Å². The number of rotatable bonds is 6. The number of halogens is 1. The van der Waals surface area contributed by atoms with Crippen molar-refractivity contribution in [3.8, 4) is 5.75 Å². The Morgan fingerprint density at radius 1 is 1.07 bits per heavy atom. The minimum Gasteiger partial charge on any atom is -0.495 e. The minimum absolute atomic E-state index is 0.182. The maximum Gasteiger partial charge on any atom is 0.232 e. The molecule has 4 N–H and O–H groups in total. The van der Waals surface area contributed by atoms with Crippen molar-refractivity contribution in [1.29, 1.82) is 0 Å². The molecule has 2 aromatic carbocycles. The largest absolute Gasteiger partial charge is 0.495 e. The summed E-state index contributed by atoms with van der Waals surface area (Å²) in [5.74, 6) is 1.70. The number of nitrogens with one attached hydrogen (secondary N) is 2. The zero-order chi connectivity index (χ0) is 20.9. The van der Waals surface area contributed by atoms with Gasteiger partial charge in [-0.25, -0.2) is 4.39 Å². The van der Waals surface area contributed by atoms with E-state index in [1.165, 1.54) is 17.0 Å². The smallest absolute Gasteiger partial charge is 0.232 e. The number of quaternary nitrogens is 1. The lowest BCUT2D eigenvalue weighted by Crippen LogP contribution is -3.13. The third-order valence-corrected chi connectivity index (χ3v) is 5.12. The van der Waals surface area contributed by atoms with E-state index in [0.29, 0.717) is 24.1 Å². The second kappa shape index (κ2) is 8.91. The molecule has 0 unspecified atom stereocenters. The number of nitrogen functional groups attached to an aromatic ring is 1. The van der Waals surface area contributed by atoms with Crippen molar-refractivity contribution in [1.82, 2.24) is 15.0 Å². The van der Waals surface area contributed by atoms with Crippen LogP contribution < -0.4 is 25.6 Å². The standard InChI is InChI=1S/C21H24FN7O/c1-30-18-5-3-2-4-17(18)24-21-26-19(25-20(23)27-21)14-28-10-12-29(13-11-28)16-8-6-15(22)7-9-16/h2-9H,10-14H2,1H3,(H3,23,24,25,26,27)/p+1. The summed E-state index contributed by atoms with van der Waals surface area (Å²) < 4.78 is 18.5. The van der Waals surface area contributed by atoms with Gasteiger partial charge in [0.05, 0.1) is 39.0 Å². The van der Waals surface area contributed by atoms with Crippen LogP contribution in [0.25, 0.3) is 0 Å². The predicted molar refractivity (Wildman–Crippen MR) is 114 cm³/mol. The molecule has 0 radical (unpaired) electrons. The summed E-state index contributed by atoms with van der Waals surface area (Å²) in [7, 11) is 1.61. The molecule has 3 aromatic rings. The molecular weight excluding hydrogens is 385 g/mol. The van der Waals surface area contributed by atoms with E-state index in [-0.39, 0.29) is 11.8 Å². The number of benzene rings is 2. The molecule has 0 aliphatic carbocycles. The number of piperazine rings is 1. The summed E-state index contributed by atoms with van der Waals surface area (Å²) in [6.07, 6.45) is 0. The van der Waals surface area contributed by atoms with Crippen LogP contribution >= 0.6 is 0 Å². The van der Waals surface area contributed by atoms with Crippen LogP contribution in [-0.4, -0.2) is 48.2 Å². The van der Waals surface area contributed by atoms with Crippen molar-refractivity contribution >= 4 is 23.3 Å². The van der Waals surface area contributed by atoms with Crippen molar-refractivity contribution in [2.75, 3.05) is 49.2 Å². The molecule has 0 saturated carbocycles. The van der Waals surface area contributed by atoms with E-state index >= 15 is 0 Å². The number of aromatic nitrogens is 3. The Balaban J connectivity index is 1.40. The molecule has 0 atom stereocenters. The topological polar surface area (TPSA) is 93.6 Å². The molecule has 1 aromatic heterocycles. The number of nitrogens with zero attached hydrogens (tertiary/aromatic N) is 4. The fourth-order valence-electron chi connectivity index (χ4n) is 3.57. The third kappa shape index (κ3) is 4.74. The van der Waals surface area contributed by atoms with E-state index in [4.69, 9.17) is 10.5 Å². The number of methoxy groups -OCH3 is 1. The van der Waals surface area contributed by atoms with Gasteiger partial charge in [0.15, 0.2) is 5.82 Å². The van der Waals surface area contributed by atoms with Gasteiger partial charge in [0.1, 0.15) is 18.1 Å². The van der Waals surface area contributed by atoms with Gasteiger partial charge in [0, 0.05) is 5.69 Å². The lowest BCUT2D eigenvalue weighted by atomic mass is 10.2. The molecule has 4 rings (SSSR count). The summed E-state index contributed by atoms with van der Waals surface area (Å²) in [5, 5.41) is 3.16. The molecule has 2 heterocycles. The van der Waals surface area contributed by atoms with Crippen molar-refractivity contribution in [2.45, 2.75) is 6.54 Å². The van der Waals surface area contributed by atoms with E-state index in [1.807, 2.05) is 36.4 Å². The van der Waals surface area contributed by atoms with Gasteiger partial charge in [-0.2, -0.15) is 15.0 Å². The van der Waals surface area contributed by atoms with Crippen LogP contribution in [0.3, 0.4) is 0 Å². The molecule has 0 spiro atoms. The number of nitrogens with two attached hydrogens (primary N) is 1. The first kappa shape index (κ1) is 19.8. The Morgan fingerprint density at radius 3 is 2.53 bits per heavy atom. The number of hydrogen-bond donors (Lipinski definition) is 3. The van der Waals surface area contributed by atoms with Gasteiger partial charge >= 0.3 is 0 Å². The molecule has 9 heteroatoms. The Hall–Kier alpha value is -3.46. The summed E-state index contributed by atoms with van der Waals surface area (Å²) in [6, 6.07) is 14.2. The highest BCUT2D eigenvalue weighted by atomic mass is 19.1. The SMILES string of the molecule is COc1ccccc1Nc1nc(N)nc(C[NH+]2CCN(c3ccc(F)cc3)CC2)n1. The minimum atomic E-state index is -0.215. The van der Waals surface area contributed by atoms with Gasteiger partial charge in [-0.15, -0.1) is 0 Å². The molecule has 30 heavy (non-hydrogen) atoms. The van der Waals surface area contributed by atoms with Gasteiger partial charge in [0.25, 0.3) is 0 Å². The van der Waals surface area contributed by atoms with Crippen molar-refractivity contribution in [2.24, 2.45) is 0 Å². The van der Waals surface area contributed by atoms with Crippen LogP contribution in [0.5, 0.6) is 5.75 Å². The van der Waals surface area contributed by atoms with Crippen LogP contribution in [-0.2, 0) is 6.54 Å². The highest BCUT2D eigenvalue weighted by Crippen LogP contribution is 2.25. The van der Waals surface area contributed by atoms with Crippen LogP contribution in [0.2, 0.25) is 0 Å². The van der Waals surface area contributed by atoms with E-state index < -0.39 is 0 Å². The lowest BCUT2D eigenvalue weighted by Gasteiger charge is -2.33. The highest BCUT2D eigenvalue weighted by Gasteiger charge is 2.22. The second-order valence-corrected chi connectivity index (χ2v) is 7.15. The zero-order valence-corrected chi connectivity index (χ0v) is 16.8. The average molecular weight is 410 g/mol. The number of anilines is 4. The van der Waals surface area contributed by atoms with Crippen molar-refractivity contribution in [3.63, 3.8) is 0 Å². The van der Waals surface area contributed by atoms with E-state index in [1.54, 1.807) is 7.11 Å². The lowest BCUT2D eigenvalue weighted by molar-refractivity contribution is -0.915. The van der Waals surface area contributed by atoms with Gasteiger partial charge in [-0.05, 0) is 36.4 Å². The fourth-order valence-corrected chi connectivity index (χ4v) is 3.57. The van der Waals surface area contributed by atoms with Crippen LogP contribution in [0.4, 0.5) is 27.7 Å². The number of ether oxygens (including phenoxy) is 1. The molecular formula is C21H25FN7O+. The number of para-hydroxylation sites is 2. The second-order valence-electron chi connectivity index (χ2n) is 7.15. The highest BCUT2D eigenvalue weighted by molar-refractivity contribution is 5.62. The Morgan fingerprint density at radius 2 is 1.80 bits per heavy atom. The van der Waals surface area contributed by atoms with E-state index in [2.05, 4.69) is 25.2 Å². The quantitative estimate of drug-likeness (QED) is 0.563. The summed E-state index contributed by atoms with van der Waals surface area (Å²) >= 11 is 0. The maximum atomic E-state index is 13.1. The normalized spacial score (nSPS) is 14.5. The first-order chi connectivity index (χ1) is 14.6. The first-order valence-electron chi connectivity index (χ1n) is 9.85. The van der Waals surface area contributed by atoms with Gasteiger partial charge in [-0.3, -0.25) is 0 Å². The van der Waals surface area contributed by atoms with Gasteiger partial charge < -0.3 is 25.6 Å². The monoisotopic (exact) mass is 410 g/mol. The number of hydrogen-bond acceptors (Lipinski definition) is 7. The van der Waals surface area contributed by atoms with Crippen LogP contribution in [0.15, 0.2) is 48.5 Å². The molecule has 1 aliphatic heterocycles. The summed E-state index contributed by atoms with van der Waals surface area (Å²) in [6.45, 7) is 4.28. The van der Waals surface area contributed by atoms with E-state index in [9.17, 15) is 4.39 Å². The Kier molecular flexibility index (Phi) is 5.89. The molecule has 0 bridgehead atoms. The van der Waals surface area contributed by atoms with Gasteiger partial charge in [-0.1, -0.05) is 12.1 Å². The fraction of sp³-hybridized carbons (Fsp3) is 0.286. The van der Waals surface area contributed by atoms with Crippen molar-refractivity contribution in [3.05, 3.63) is 60.2 Å². The average Bonchev–Trinajstić information content (AvgIpc) is 2.75. The molecule has 8 nitrogen and oxygen atoms in total. The van der Waals surface area contributed by atoms with Crippen molar-refractivity contribution < 1.29 is 14.0 Å². The predicted octanol–water partition coefficient (Wildman–Crippen LogP) is 1.25. The zero-order valence-electron chi connectivity index (χ0n) is 16.8. The van der Waals surface area contributed by atoms with Crippen LogP contribution in [0.1, 0.15) is 5.82 Å². The van der Waals surface area contributed by atoms with Crippen LogP contribution in [0, 0.1) is 5.82 Å². The summed E-state index contributed by atoms with van der Waals surface area (Å²) in [5.41, 5.74) is 7.72. The maximum absolute atomic E-state index is 13.1. The first-order valence-corrected chi connectivity index (χ1v) is 9.85. The van der Waals surface area contributed by atoms with Gasteiger partial charge in [0.2, 0.25) is 11.9 Å². The molecule has 1 aliphatic rings. The molecule has 1 saturated heterocycles. The third-order valence-electron chi connectivity index (χ3n) is 5.12. The Bertz CT molecular complexity index is 991. The molecule has 1 fully saturated rings. The molecule has 156 valence electrons. The summed E-state index contributed by atoms with van der Waals surface area (Å²) in [4.78, 5) is 16.7.